The molecule has 106 valence electrons. The molecule has 0 bridgehead atoms. The Balaban J connectivity index is 1.69. The zero-order chi connectivity index (χ0) is 13.2. The van der Waals surface area contributed by atoms with Crippen LogP contribution in [0.1, 0.15) is 46.0 Å². The summed E-state index contributed by atoms with van der Waals surface area (Å²) < 4.78 is 26.8. The van der Waals surface area contributed by atoms with E-state index in [0.717, 1.165) is 19.4 Å². The molecule has 0 aromatic heterocycles. The van der Waals surface area contributed by atoms with Gasteiger partial charge in [-0.05, 0) is 50.5 Å². The van der Waals surface area contributed by atoms with Crippen LogP contribution in [0.4, 0.5) is 0 Å². The fraction of sp³-hybridized carbons (Fsp3) is 1.00. The maximum atomic E-state index is 12.0. The van der Waals surface area contributed by atoms with Crippen molar-refractivity contribution < 1.29 is 8.42 Å². The van der Waals surface area contributed by atoms with E-state index in [9.17, 15) is 8.42 Å². The first kappa shape index (κ1) is 14.3. The Kier molecular flexibility index (Phi) is 4.67. The average Bonchev–Trinajstić information content (AvgIpc) is 3.08. The highest BCUT2D eigenvalue weighted by molar-refractivity contribution is 7.89. The van der Waals surface area contributed by atoms with E-state index >= 15 is 0 Å². The Morgan fingerprint density at radius 2 is 1.83 bits per heavy atom. The number of rotatable bonds is 7. The summed E-state index contributed by atoms with van der Waals surface area (Å²) >= 11 is 0. The first-order chi connectivity index (χ1) is 8.48. The van der Waals surface area contributed by atoms with E-state index in [1.54, 1.807) is 0 Å². The fourth-order valence-electron chi connectivity index (χ4n) is 2.68. The van der Waals surface area contributed by atoms with Gasteiger partial charge in [-0.25, -0.2) is 13.1 Å². The van der Waals surface area contributed by atoms with Crippen molar-refractivity contribution in [3.63, 3.8) is 0 Å². The van der Waals surface area contributed by atoms with Gasteiger partial charge >= 0.3 is 0 Å². The van der Waals surface area contributed by atoms with Gasteiger partial charge in [-0.2, -0.15) is 0 Å². The SMILES string of the molecule is CC1CCC(NS(=O)(=O)CCCNC2CC2)C1C. The third kappa shape index (κ3) is 4.21. The predicted molar refractivity (Wildman–Crippen MR) is 73.9 cm³/mol. The quantitative estimate of drug-likeness (QED) is 0.691. The van der Waals surface area contributed by atoms with Gasteiger partial charge in [-0.1, -0.05) is 13.8 Å². The Labute approximate surface area is 111 Å². The van der Waals surface area contributed by atoms with Crippen molar-refractivity contribution in [1.82, 2.24) is 10.0 Å². The molecule has 0 aromatic carbocycles. The summed E-state index contributed by atoms with van der Waals surface area (Å²) in [6.07, 6.45) is 5.34. The molecule has 18 heavy (non-hydrogen) atoms. The third-order valence-electron chi connectivity index (χ3n) is 4.40. The van der Waals surface area contributed by atoms with Crippen molar-refractivity contribution in [3.8, 4) is 0 Å². The number of nitrogens with one attached hydrogen (secondary N) is 2. The highest BCUT2D eigenvalue weighted by Crippen LogP contribution is 2.31. The lowest BCUT2D eigenvalue weighted by molar-refractivity contribution is 0.402. The van der Waals surface area contributed by atoms with Crippen LogP contribution in [-0.4, -0.2) is 32.8 Å². The van der Waals surface area contributed by atoms with Crippen LogP contribution in [0.3, 0.4) is 0 Å². The molecular weight excluding hydrogens is 248 g/mol. The molecule has 2 saturated carbocycles. The number of hydrogen-bond donors (Lipinski definition) is 2. The van der Waals surface area contributed by atoms with E-state index in [2.05, 4.69) is 23.9 Å². The van der Waals surface area contributed by atoms with Crippen LogP contribution in [0, 0.1) is 11.8 Å². The summed E-state index contributed by atoms with van der Waals surface area (Å²) in [5.41, 5.74) is 0. The smallest absolute Gasteiger partial charge is 0.211 e. The van der Waals surface area contributed by atoms with Gasteiger partial charge in [0.25, 0.3) is 0 Å². The van der Waals surface area contributed by atoms with E-state index in [1.807, 2.05) is 0 Å². The summed E-state index contributed by atoms with van der Waals surface area (Å²) in [5.74, 6) is 1.35. The van der Waals surface area contributed by atoms with E-state index in [-0.39, 0.29) is 11.8 Å². The van der Waals surface area contributed by atoms with E-state index < -0.39 is 10.0 Å². The van der Waals surface area contributed by atoms with Crippen LogP contribution in [-0.2, 0) is 10.0 Å². The maximum absolute atomic E-state index is 12.0. The van der Waals surface area contributed by atoms with Gasteiger partial charge in [0.1, 0.15) is 0 Å². The lowest BCUT2D eigenvalue weighted by Gasteiger charge is -2.19. The van der Waals surface area contributed by atoms with Crippen LogP contribution in [0.25, 0.3) is 0 Å². The molecule has 2 fully saturated rings. The normalized spacial score (nSPS) is 32.9. The Bertz CT molecular complexity index is 365. The van der Waals surface area contributed by atoms with Crippen molar-refractivity contribution in [2.24, 2.45) is 11.8 Å². The summed E-state index contributed by atoms with van der Waals surface area (Å²) in [4.78, 5) is 0. The van der Waals surface area contributed by atoms with Crippen LogP contribution < -0.4 is 10.0 Å². The Morgan fingerprint density at radius 3 is 2.39 bits per heavy atom. The molecule has 5 heteroatoms. The minimum atomic E-state index is -3.09. The van der Waals surface area contributed by atoms with Crippen LogP contribution in [0.15, 0.2) is 0 Å². The van der Waals surface area contributed by atoms with Crippen molar-refractivity contribution in [1.29, 1.82) is 0 Å². The molecule has 4 nitrogen and oxygen atoms in total. The molecule has 0 saturated heterocycles. The first-order valence-electron chi connectivity index (χ1n) is 7.21. The van der Waals surface area contributed by atoms with Gasteiger partial charge in [0.2, 0.25) is 10.0 Å². The van der Waals surface area contributed by atoms with Crippen LogP contribution in [0.5, 0.6) is 0 Å². The summed E-state index contributed by atoms with van der Waals surface area (Å²) in [7, 11) is -3.09. The molecule has 0 aliphatic heterocycles. The second-order valence-corrected chi connectivity index (χ2v) is 7.91. The largest absolute Gasteiger partial charge is 0.314 e. The van der Waals surface area contributed by atoms with E-state index in [0.29, 0.717) is 24.3 Å². The standard InChI is InChI=1S/C13H26N2O2S/c1-10-4-7-13(11(10)2)15-18(16,17)9-3-8-14-12-5-6-12/h10-15H,3-9H2,1-2H3. The van der Waals surface area contributed by atoms with Gasteiger partial charge < -0.3 is 5.32 Å². The predicted octanol–water partition coefficient (Wildman–Crippen LogP) is 1.48. The number of hydrogen-bond acceptors (Lipinski definition) is 3. The third-order valence-corrected chi connectivity index (χ3v) is 5.88. The van der Waals surface area contributed by atoms with Gasteiger partial charge in [-0.15, -0.1) is 0 Å². The number of sulfonamides is 1. The highest BCUT2D eigenvalue weighted by Gasteiger charge is 2.32. The van der Waals surface area contributed by atoms with E-state index in [1.165, 1.54) is 12.8 Å². The monoisotopic (exact) mass is 274 g/mol. The zero-order valence-electron chi connectivity index (χ0n) is 11.5. The molecule has 0 spiro atoms. The molecule has 2 aliphatic carbocycles. The van der Waals surface area contributed by atoms with E-state index in [4.69, 9.17) is 0 Å². The maximum Gasteiger partial charge on any atom is 0.211 e. The van der Waals surface area contributed by atoms with Crippen LogP contribution in [0.2, 0.25) is 0 Å². The fourth-order valence-corrected chi connectivity index (χ4v) is 4.11. The second-order valence-electron chi connectivity index (χ2n) is 6.04. The minimum Gasteiger partial charge on any atom is -0.314 e. The lowest BCUT2D eigenvalue weighted by Crippen LogP contribution is -2.39. The van der Waals surface area contributed by atoms with Gasteiger partial charge in [-0.3, -0.25) is 0 Å². The van der Waals surface area contributed by atoms with Gasteiger partial charge in [0, 0.05) is 12.1 Å². The van der Waals surface area contributed by atoms with Crippen molar-refractivity contribution >= 4 is 10.0 Å². The molecule has 0 aromatic rings. The topological polar surface area (TPSA) is 58.2 Å². The molecule has 3 atom stereocenters. The molecule has 2 aliphatic rings. The Morgan fingerprint density at radius 1 is 1.11 bits per heavy atom. The van der Waals surface area contributed by atoms with Gasteiger partial charge in [0.15, 0.2) is 0 Å². The molecule has 0 radical (unpaired) electrons. The van der Waals surface area contributed by atoms with Crippen molar-refractivity contribution in [3.05, 3.63) is 0 Å². The minimum absolute atomic E-state index is 0.154. The molecule has 0 amide bonds. The highest BCUT2D eigenvalue weighted by atomic mass is 32.2. The molecular formula is C13H26N2O2S. The molecule has 2 N–H and O–H groups in total. The zero-order valence-corrected chi connectivity index (χ0v) is 12.3. The second kappa shape index (κ2) is 5.88. The average molecular weight is 274 g/mol. The summed E-state index contributed by atoms with van der Waals surface area (Å²) in [6.45, 7) is 5.18. The molecule has 0 heterocycles. The summed E-state index contributed by atoms with van der Waals surface area (Å²) in [6, 6.07) is 0.817. The lowest BCUT2D eigenvalue weighted by atomic mass is 9.98. The first-order valence-corrected chi connectivity index (χ1v) is 8.86. The summed E-state index contributed by atoms with van der Waals surface area (Å²) in [5, 5.41) is 3.35. The Hall–Kier alpha value is -0.130. The molecule has 2 rings (SSSR count). The molecule has 3 unspecified atom stereocenters. The van der Waals surface area contributed by atoms with Crippen molar-refractivity contribution in [2.45, 2.75) is 58.0 Å². The van der Waals surface area contributed by atoms with Gasteiger partial charge in [0.05, 0.1) is 5.75 Å². The van der Waals surface area contributed by atoms with Crippen LogP contribution >= 0.6 is 0 Å². The van der Waals surface area contributed by atoms with Crippen molar-refractivity contribution in [2.75, 3.05) is 12.3 Å².